The van der Waals surface area contributed by atoms with Crippen LogP contribution in [0.3, 0.4) is 0 Å². The maximum absolute atomic E-state index is 13.8. The van der Waals surface area contributed by atoms with Gasteiger partial charge in [-0.05, 0) is 24.6 Å². The number of hydrogen-bond acceptors (Lipinski definition) is 1. The lowest BCUT2D eigenvalue weighted by molar-refractivity contribution is 0.487. The molecular weight excluding hydrogens is 275 g/mol. The second-order valence-corrected chi connectivity index (χ2v) is 4.62. The SMILES string of the molecule is Cc1ccc(C(N)c2c(F)cccc2Cl)c(F)c1F. The highest BCUT2D eigenvalue weighted by atomic mass is 35.5. The summed E-state index contributed by atoms with van der Waals surface area (Å²) in [6.07, 6.45) is 0. The van der Waals surface area contributed by atoms with E-state index in [0.29, 0.717) is 0 Å². The van der Waals surface area contributed by atoms with Crippen LogP contribution in [-0.2, 0) is 0 Å². The van der Waals surface area contributed by atoms with Gasteiger partial charge in [-0.3, -0.25) is 0 Å². The molecule has 0 fully saturated rings. The molecular formula is C14H11ClF3N. The molecule has 0 aromatic heterocycles. The number of nitrogens with two attached hydrogens (primary N) is 1. The highest BCUT2D eigenvalue weighted by Crippen LogP contribution is 2.31. The molecule has 2 N–H and O–H groups in total. The van der Waals surface area contributed by atoms with Crippen LogP contribution >= 0.6 is 11.6 Å². The molecule has 100 valence electrons. The zero-order valence-corrected chi connectivity index (χ0v) is 10.8. The smallest absolute Gasteiger partial charge is 0.164 e. The van der Waals surface area contributed by atoms with Gasteiger partial charge in [0.15, 0.2) is 11.6 Å². The Labute approximate surface area is 113 Å². The fraction of sp³-hybridized carbons (Fsp3) is 0.143. The van der Waals surface area contributed by atoms with Gasteiger partial charge in [-0.15, -0.1) is 0 Å². The van der Waals surface area contributed by atoms with Crippen molar-refractivity contribution in [3.05, 3.63) is 69.5 Å². The van der Waals surface area contributed by atoms with E-state index >= 15 is 0 Å². The number of hydrogen-bond donors (Lipinski definition) is 1. The molecule has 0 aliphatic heterocycles. The first-order valence-corrected chi connectivity index (χ1v) is 5.95. The zero-order chi connectivity index (χ0) is 14.2. The van der Waals surface area contributed by atoms with E-state index in [-0.39, 0.29) is 21.7 Å². The van der Waals surface area contributed by atoms with Crippen LogP contribution in [0.5, 0.6) is 0 Å². The van der Waals surface area contributed by atoms with Crippen LogP contribution in [-0.4, -0.2) is 0 Å². The Morgan fingerprint density at radius 1 is 1.05 bits per heavy atom. The summed E-state index contributed by atoms with van der Waals surface area (Å²) < 4.78 is 41.1. The van der Waals surface area contributed by atoms with Gasteiger partial charge in [0.1, 0.15) is 5.82 Å². The lowest BCUT2D eigenvalue weighted by Gasteiger charge is -2.16. The molecule has 0 spiro atoms. The van der Waals surface area contributed by atoms with Gasteiger partial charge in [-0.2, -0.15) is 0 Å². The first kappa shape index (κ1) is 13.9. The van der Waals surface area contributed by atoms with E-state index in [1.807, 2.05) is 0 Å². The molecule has 2 aromatic rings. The summed E-state index contributed by atoms with van der Waals surface area (Å²) in [4.78, 5) is 0. The quantitative estimate of drug-likeness (QED) is 0.883. The first-order chi connectivity index (χ1) is 8.93. The molecule has 1 atom stereocenters. The van der Waals surface area contributed by atoms with Crippen molar-refractivity contribution in [1.82, 2.24) is 0 Å². The average molecular weight is 286 g/mol. The average Bonchev–Trinajstić information content (AvgIpc) is 2.35. The van der Waals surface area contributed by atoms with Crippen molar-refractivity contribution in [2.75, 3.05) is 0 Å². The normalized spacial score (nSPS) is 12.5. The highest BCUT2D eigenvalue weighted by Gasteiger charge is 2.22. The lowest BCUT2D eigenvalue weighted by Crippen LogP contribution is -2.17. The van der Waals surface area contributed by atoms with Crippen molar-refractivity contribution < 1.29 is 13.2 Å². The van der Waals surface area contributed by atoms with Crippen molar-refractivity contribution in [3.8, 4) is 0 Å². The largest absolute Gasteiger partial charge is 0.320 e. The molecule has 2 aromatic carbocycles. The van der Waals surface area contributed by atoms with Crippen molar-refractivity contribution in [1.29, 1.82) is 0 Å². The highest BCUT2D eigenvalue weighted by molar-refractivity contribution is 6.31. The molecule has 0 amide bonds. The Hall–Kier alpha value is -1.52. The third-order valence-electron chi connectivity index (χ3n) is 2.95. The monoisotopic (exact) mass is 285 g/mol. The molecule has 0 bridgehead atoms. The van der Waals surface area contributed by atoms with Gasteiger partial charge in [0.05, 0.1) is 6.04 Å². The van der Waals surface area contributed by atoms with Crippen LogP contribution in [0, 0.1) is 24.4 Å². The van der Waals surface area contributed by atoms with E-state index in [4.69, 9.17) is 17.3 Å². The molecule has 19 heavy (non-hydrogen) atoms. The summed E-state index contributed by atoms with van der Waals surface area (Å²) in [5.41, 5.74) is 5.79. The van der Waals surface area contributed by atoms with Gasteiger partial charge in [-0.25, -0.2) is 13.2 Å². The topological polar surface area (TPSA) is 26.0 Å². The van der Waals surface area contributed by atoms with Gasteiger partial charge in [-0.1, -0.05) is 29.8 Å². The van der Waals surface area contributed by atoms with Crippen molar-refractivity contribution in [3.63, 3.8) is 0 Å². The molecule has 0 saturated heterocycles. The zero-order valence-electron chi connectivity index (χ0n) is 10.1. The van der Waals surface area contributed by atoms with Crippen molar-refractivity contribution in [2.45, 2.75) is 13.0 Å². The van der Waals surface area contributed by atoms with Gasteiger partial charge in [0, 0.05) is 16.1 Å². The van der Waals surface area contributed by atoms with Crippen LogP contribution < -0.4 is 5.73 Å². The Morgan fingerprint density at radius 3 is 2.37 bits per heavy atom. The molecule has 1 unspecified atom stereocenters. The maximum atomic E-state index is 13.8. The maximum Gasteiger partial charge on any atom is 0.164 e. The Morgan fingerprint density at radius 2 is 1.74 bits per heavy atom. The Balaban J connectivity index is 2.57. The summed E-state index contributed by atoms with van der Waals surface area (Å²) in [5, 5.41) is 0.0767. The van der Waals surface area contributed by atoms with Crippen LogP contribution in [0.25, 0.3) is 0 Å². The van der Waals surface area contributed by atoms with E-state index in [1.54, 1.807) is 0 Å². The fourth-order valence-corrected chi connectivity index (χ4v) is 2.15. The fourth-order valence-electron chi connectivity index (χ4n) is 1.86. The summed E-state index contributed by atoms with van der Waals surface area (Å²) in [7, 11) is 0. The Kier molecular flexibility index (Phi) is 3.83. The molecule has 2 rings (SSSR count). The predicted octanol–water partition coefficient (Wildman–Crippen LogP) is 4.11. The minimum atomic E-state index is -1.16. The molecule has 0 radical (unpaired) electrons. The summed E-state index contributed by atoms with van der Waals surface area (Å²) in [5.74, 6) is -2.72. The molecule has 5 heteroatoms. The second-order valence-electron chi connectivity index (χ2n) is 4.21. The van der Waals surface area contributed by atoms with Gasteiger partial charge >= 0.3 is 0 Å². The van der Waals surface area contributed by atoms with E-state index in [9.17, 15) is 13.2 Å². The molecule has 1 nitrogen and oxygen atoms in total. The number of aryl methyl sites for hydroxylation is 1. The molecule has 0 heterocycles. The third kappa shape index (κ3) is 2.46. The van der Waals surface area contributed by atoms with Gasteiger partial charge < -0.3 is 5.73 Å². The predicted molar refractivity (Wildman–Crippen MR) is 68.5 cm³/mol. The minimum absolute atomic E-state index is 0.0497. The van der Waals surface area contributed by atoms with E-state index in [2.05, 4.69) is 0 Å². The van der Waals surface area contributed by atoms with Gasteiger partial charge in [0.2, 0.25) is 0 Å². The Bertz CT molecular complexity index is 608. The second kappa shape index (κ2) is 5.23. The van der Waals surface area contributed by atoms with Crippen molar-refractivity contribution >= 4 is 11.6 Å². The van der Waals surface area contributed by atoms with E-state index in [0.717, 1.165) is 0 Å². The van der Waals surface area contributed by atoms with Gasteiger partial charge in [0.25, 0.3) is 0 Å². The number of rotatable bonds is 2. The van der Waals surface area contributed by atoms with Crippen LogP contribution in [0.4, 0.5) is 13.2 Å². The lowest BCUT2D eigenvalue weighted by atomic mass is 9.97. The summed E-state index contributed by atoms with van der Waals surface area (Å²) in [6, 6.07) is 5.60. The molecule has 0 aliphatic rings. The van der Waals surface area contributed by atoms with E-state index in [1.165, 1.54) is 37.3 Å². The van der Waals surface area contributed by atoms with Crippen molar-refractivity contribution in [2.24, 2.45) is 5.73 Å². The van der Waals surface area contributed by atoms with Crippen LogP contribution in [0.1, 0.15) is 22.7 Å². The third-order valence-corrected chi connectivity index (χ3v) is 3.28. The molecule has 0 aliphatic carbocycles. The van der Waals surface area contributed by atoms with Crippen LogP contribution in [0.15, 0.2) is 30.3 Å². The first-order valence-electron chi connectivity index (χ1n) is 5.57. The number of halogens is 4. The standard InChI is InChI=1S/C14H11ClF3N/c1-7-5-6-8(13(18)12(7)17)14(19)11-9(15)3-2-4-10(11)16/h2-6,14H,19H2,1H3. The summed E-state index contributed by atoms with van der Waals surface area (Å²) >= 11 is 5.86. The van der Waals surface area contributed by atoms with Crippen LogP contribution in [0.2, 0.25) is 5.02 Å². The molecule has 0 saturated carbocycles. The number of benzene rings is 2. The summed E-state index contributed by atoms with van der Waals surface area (Å²) in [6.45, 7) is 1.43. The minimum Gasteiger partial charge on any atom is -0.320 e. The van der Waals surface area contributed by atoms with E-state index < -0.39 is 23.5 Å².